The first kappa shape index (κ1) is 18.8. The number of hydrogen-bond donors (Lipinski definition) is 1. The largest absolute Gasteiger partial charge is 0.507 e. The summed E-state index contributed by atoms with van der Waals surface area (Å²) >= 11 is 6.67. The molecule has 1 atom stereocenters. The third-order valence-electron chi connectivity index (χ3n) is 6.55. The Kier molecular flexibility index (Phi) is 4.30. The Morgan fingerprint density at radius 1 is 1.13 bits per heavy atom. The standard InChI is InChI=1S/C23H23ClN6O/c1-28-12-14-7-18(22(31)10-20(14)27-28)21-9-19(24)17-8-16(11-25-23(17)26-21)30-6-3-15(13-30)29-4-2-5-29/h7-12,15,31H,2-6,13H2,1H3/t15-/m1/s1. The molecule has 6 rings (SSSR count). The third kappa shape index (κ3) is 3.20. The van der Waals surface area contributed by atoms with Crippen LogP contribution in [-0.2, 0) is 7.05 Å². The highest BCUT2D eigenvalue weighted by molar-refractivity contribution is 6.35. The maximum absolute atomic E-state index is 10.6. The number of halogens is 1. The van der Waals surface area contributed by atoms with Gasteiger partial charge in [-0.3, -0.25) is 9.58 Å². The van der Waals surface area contributed by atoms with Gasteiger partial charge < -0.3 is 10.0 Å². The summed E-state index contributed by atoms with van der Waals surface area (Å²) in [6.07, 6.45) is 6.31. The molecule has 8 heteroatoms. The number of aromatic nitrogens is 4. The molecule has 1 N–H and O–H groups in total. The van der Waals surface area contributed by atoms with Crippen LogP contribution in [0.1, 0.15) is 12.8 Å². The Morgan fingerprint density at radius 2 is 2.00 bits per heavy atom. The minimum Gasteiger partial charge on any atom is -0.507 e. The van der Waals surface area contributed by atoms with Crippen molar-refractivity contribution < 1.29 is 5.11 Å². The first-order chi connectivity index (χ1) is 15.0. The second kappa shape index (κ2) is 7.07. The van der Waals surface area contributed by atoms with Crippen LogP contribution in [0.15, 0.2) is 36.7 Å². The first-order valence-corrected chi connectivity index (χ1v) is 11.0. The van der Waals surface area contributed by atoms with Gasteiger partial charge >= 0.3 is 0 Å². The minimum atomic E-state index is 0.125. The number of likely N-dealkylation sites (tertiary alicyclic amines) is 1. The number of pyridine rings is 2. The number of hydrogen-bond acceptors (Lipinski definition) is 6. The topological polar surface area (TPSA) is 70.3 Å². The number of nitrogens with zero attached hydrogens (tertiary/aromatic N) is 6. The zero-order chi connectivity index (χ0) is 21.1. The molecular formula is C23H23ClN6O. The van der Waals surface area contributed by atoms with Gasteiger partial charge in [-0.15, -0.1) is 0 Å². The molecule has 0 bridgehead atoms. The fourth-order valence-electron chi connectivity index (χ4n) is 4.74. The third-order valence-corrected chi connectivity index (χ3v) is 6.86. The van der Waals surface area contributed by atoms with Crippen LogP contribution in [0.25, 0.3) is 33.2 Å². The molecule has 2 aliphatic heterocycles. The summed E-state index contributed by atoms with van der Waals surface area (Å²) in [6.45, 7) is 4.53. The van der Waals surface area contributed by atoms with Crippen molar-refractivity contribution in [3.63, 3.8) is 0 Å². The van der Waals surface area contributed by atoms with Gasteiger partial charge in [-0.2, -0.15) is 5.10 Å². The Balaban J connectivity index is 1.35. The molecular weight excluding hydrogens is 412 g/mol. The van der Waals surface area contributed by atoms with E-state index in [2.05, 4.69) is 25.9 Å². The number of phenolic OH excluding ortho intramolecular Hbond substituents is 1. The molecule has 4 aromatic rings. The van der Waals surface area contributed by atoms with E-state index in [9.17, 15) is 5.11 Å². The van der Waals surface area contributed by atoms with Crippen molar-refractivity contribution in [1.82, 2.24) is 24.6 Å². The highest BCUT2D eigenvalue weighted by Gasteiger charge is 2.31. The summed E-state index contributed by atoms with van der Waals surface area (Å²) in [4.78, 5) is 14.3. The molecule has 2 saturated heterocycles. The molecule has 2 fully saturated rings. The van der Waals surface area contributed by atoms with Gasteiger partial charge in [-0.1, -0.05) is 11.6 Å². The summed E-state index contributed by atoms with van der Waals surface area (Å²) in [5.74, 6) is 0.125. The molecule has 0 aliphatic carbocycles. The van der Waals surface area contributed by atoms with Gasteiger partial charge in [0.2, 0.25) is 0 Å². The fraction of sp³-hybridized carbons (Fsp3) is 0.348. The number of fused-ring (bicyclic) bond motifs is 2. The minimum absolute atomic E-state index is 0.125. The molecule has 0 unspecified atom stereocenters. The van der Waals surface area contributed by atoms with Crippen LogP contribution in [0, 0.1) is 0 Å². The van der Waals surface area contributed by atoms with Crippen molar-refractivity contribution in [2.75, 3.05) is 31.1 Å². The van der Waals surface area contributed by atoms with E-state index in [0.717, 1.165) is 35.1 Å². The van der Waals surface area contributed by atoms with Crippen molar-refractivity contribution in [2.45, 2.75) is 18.9 Å². The summed E-state index contributed by atoms with van der Waals surface area (Å²) in [5, 5.41) is 17.2. The molecule has 3 aromatic heterocycles. The fourth-order valence-corrected chi connectivity index (χ4v) is 4.98. The van der Waals surface area contributed by atoms with E-state index in [1.807, 2.05) is 25.5 Å². The number of aromatic hydroxyl groups is 1. The van der Waals surface area contributed by atoms with Crippen LogP contribution in [0.3, 0.4) is 0 Å². The van der Waals surface area contributed by atoms with E-state index in [1.165, 1.54) is 25.9 Å². The predicted octanol–water partition coefficient (Wildman–Crippen LogP) is 3.83. The number of anilines is 1. The molecule has 31 heavy (non-hydrogen) atoms. The summed E-state index contributed by atoms with van der Waals surface area (Å²) in [6, 6.07) is 8.08. The molecule has 0 amide bonds. The van der Waals surface area contributed by atoms with Crippen LogP contribution < -0.4 is 4.90 Å². The lowest BCUT2D eigenvalue weighted by Gasteiger charge is -2.36. The molecule has 5 heterocycles. The zero-order valence-electron chi connectivity index (χ0n) is 17.3. The van der Waals surface area contributed by atoms with E-state index in [4.69, 9.17) is 16.6 Å². The molecule has 0 spiro atoms. The quantitative estimate of drug-likeness (QED) is 0.528. The average molecular weight is 435 g/mol. The Hall–Kier alpha value is -2.90. The van der Waals surface area contributed by atoms with E-state index >= 15 is 0 Å². The number of benzene rings is 1. The molecule has 158 valence electrons. The van der Waals surface area contributed by atoms with Crippen molar-refractivity contribution >= 4 is 39.2 Å². The number of rotatable bonds is 3. The van der Waals surface area contributed by atoms with Gasteiger partial charge in [0.25, 0.3) is 0 Å². The van der Waals surface area contributed by atoms with Gasteiger partial charge in [0.15, 0.2) is 5.65 Å². The smallest absolute Gasteiger partial charge is 0.161 e. The summed E-state index contributed by atoms with van der Waals surface area (Å²) < 4.78 is 1.72. The lowest BCUT2D eigenvalue weighted by Crippen LogP contribution is -2.46. The first-order valence-electron chi connectivity index (χ1n) is 10.7. The summed E-state index contributed by atoms with van der Waals surface area (Å²) in [7, 11) is 1.86. The van der Waals surface area contributed by atoms with Crippen molar-refractivity contribution in [2.24, 2.45) is 7.05 Å². The maximum Gasteiger partial charge on any atom is 0.161 e. The van der Waals surface area contributed by atoms with Crippen LogP contribution in [0.4, 0.5) is 5.69 Å². The lowest BCUT2D eigenvalue weighted by atomic mass is 10.1. The highest BCUT2D eigenvalue weighted by atomic mass is 35.5. The molecule has 1 aromatic carbocycles. The maximum atomic E-state index is 10.6. The summed E-state index contributed by atoms with van der Waals surface area (Å²) in [5.41, 5.74) is 3.62. The van der Waals surface area contributed by atoms with Gasteiger partial charge in [0, 0.05) is 54.8 Å². The van der Waals surface area contributed by atoms with E-state index in [-0.39, 0.29) is 5.75 Å². The van der Waals surface area contributed by atoms with Crippen LogP contribution >= 0.6 is 11.6 Å². The second-order valence-corrected chi connectivity index (χ2v) is 8.97. The SMILES string of the molecule is Cn1cc2cc(-c3cc(Cl)c4cc(N5CC[C@@H](N6CCC6)C5)cnc4n3)c(O)cc2n1. The van der Waals surface area contributed by atoms with E-state index in [1.54, 1.807) is 16.8 Å². The van der Waals surface area contributed by atoms with Crippen LogP contribution in [0.2, 0.25) is 5.02 Å². The van der Waals surface area contributed by atoms with Gasteiger partial charge in [-0.05, 0) is 44.1 Å². The predicted molar refractivity (Wildman–Crippen MR) is 123 cm³/mol. The van der Waals surface area contributed by atoms with Crippen molar-refractivity contribution in [1.29, 1.82) is 0 Å². The highest BCUT2D eigenvalue weighted by Crippen LogP contribution is 2.36. The van der Waals surface area contributed by atoms with Gasteiger partial charge in [-0.25, -0.2) is 9.97 Å². The normalized spacial score (nSPS) is 19.4. The monoisotopic (exact) mass is 434 g/mol. The molecule has 2 aliphatic rings. The van der Waals surface area contributed by atoms with Gasteiger partial charge in [0.1, 0.15) is 5.75 Å². The lowest BCUT2D eigenvalue weighted by molar-refractivity contribution is 0.129. The Morgan fingerprint density at radius 3 is 2.81 bits per heavy atom. The number of phenols is 1. The van der Waals surface area contributed by atoms with E-state index < -0.39 is 0 Å². The molecule has 0 radical (unpaired) electrons. The van der Waals surface area contributed by atoms with Crippen LogP contribution in [0.5, 0.6) is 5.75 Å². The Bertz CT molecular complexity index is 1310. The average Bonchev–Trinajstić information content (AvgIpc) is 3.31. The Labute approximate surface area is 184 Å². The number of aryl methyl sites for hydroxylation is 1. The molecule has 0 saturated carbocycles. The van der Waals surface area contributed by atoms with Crippen molar-refractivity contribution in [3.8, 4) is 17.0 Å². The zero-order valence-corrected chi connectivity index (χ0v) is 18.0. The second-order valence-electron chi connectivity index (χ2n) is 8.56. The molecule has 7 nitrogen and oxygen atoms in total. The van der Waals surface area contributed by atoms with Crippen molar-refractivity contribution in [3.05, 3.63) is 41.7 Å². The van der Waals surface area contributed by atoms with Gasteiger partial charge in [0.05, 0.1) is 28.1 Å². The van der Waals surface area contributed by atoms with E-state index in [0.29, 0.717) is 28.0 Å². The van der Waals surface area contributed by atoms with Crippen LogP contribution in [-0.4, -0.2) is 62.0 Å².